The van der Waals surface area contributed by atoms with Gasteiger partial charge in [0.2, 0.25) is 5.91 Å². The third kappa shape index (κ3) is 4.38. The van der Waals surface area contributed by atoms with E-state index in [1.54, 1.807) is 6.07 Å². The number of anilines is 1. The van der Waals surface area contributed by atoms with Crippen LogP contribution in [-0.2, 0) is 4.79 Å². The van der Waals surface area contributed by atoms with Crippen LogP contribution in [0, 0.1) is 5.41 Å². The van der Waals surface area contributed by atoms with Gasteiger partial charge in [-0.1, -0.05) is 18.6 Å². The summed E-state index contributed by atoms with van der Waals surface area (Å²) in [5, 5.41) is 2.58. The number of hydrogen-bond acceptors (Lipinski definition) is 3. The van der Waals surface area contributed by atoms with E-state index in [2.05, 4.69) is 5.32 Å². The number of thioether (sulfide) groups is 1. The average molecular weight is 318 g/mol. The smallest absolute Gasteiger partial charge is 0.330 e. The van der Waals surface area contributed by atoms with Crippen molar-refractivity contribution in [3.05, 3.63) is 24.3 Å². The summed E-state index contributed by atoms with van der Waals surface area (Å²) in [4.78, 5) is 12.0. The molecular formula is C14H17F3N2OS. The highest BCUT2D eigenvalue weighted by Gasteiger charge is 2.37. The summed E-state index contributed by atoms with van der Waals surface area (Å²) < 4.78 is 37.4. The summed E-state index contributed by atoms with van der Waals surface area (Å²) in [7, 11) is 0. The standard InChI is InChI=1S/C14H17F3N2OS/c15-14(16,17)21-11-5-2-1-4-10(11)19-12(20)8-13(9-18)6-3-7-13/h1-2,4-5H,3,6-9,18H2,(H,19,20). The van der Waals surface area contributed by atoms with Gasteiger partial charge in [-0.2, -0.15) is 13.2 Å². The Balaban J connectivity index is 2.04. The fourth-order valence-corrected chi connectivity index (χ4v) is 3.07. The Bertz CT molecular complexity index is 510. The number of alkyl halides is 3. The minimum absolute atomic E-state index is 0.00578. The van der Waals surface area contributed by atoms with Crippen LogP contribution in [0.1, 0.15) is 25.7 Å². The molecule has 7 heteroatoms. The summed E-state index contributed by atoms with van der Waals surface area (Å²) in [5.74, 6) is -0.282. The number of rotatable bonds is 5. The van der Waals surface area contributed by atoms with E-state index in [9.17, 15) is 18.0 Å². The molecule has 3 N–H and O–H groups in total. The van der Waals surface area contributed by atoms with Crippen molar-refractivity contribution in [2.75, 3.05) is 11.9 Å². The number of nitrogens with one attached hydrogen (secondary N) is 1. The third-order valence-corrected chi connectivity index (χ3v) is 4.58. The highest BCUT2D eigenvalue weighted by Crippen LogP contribution is 2.44. The van der Waals surface area contributed by atoms with Gasteiger partial charge in [0, 0.05) is 11.3 Å². The van der Waals surface area contributed by atoms with E-state index >= 15 is 0 Å². The first-order chi connectivity index (χ1) is 9.84. The molecule has 0 unspecified atom stereocenters. The van der Waals surface area contributed by atoms with E-state index in [-0.39, 0.29) is 40.1 Å². The van der Waals surface area contributed by atoms with E-state index in [0.717, 1.165) is 19.3 Å². The Morgan fingerprint density at radius 3 is 2.52 bits per heavy atom. The van der Waals surface area contributed by atoms with Crippen molar-refractivity contribution in [2.24, 2.45) is 11.1 Å². The van der Waals surface area contributed by atoms with Crippen LogP contribution in [0.15, 0.2) is 29.2 Å². The molecule has 1 aliphatic carbocycles. The molecule has 0 bridgehead atoms. The molecule has 1 fully saturated rings. The van der Waals surface area contributed by atoms with E-state index in [1.165, 1.54) is 18.2 Å². The molecule has 0 aromatic heterocycles. The topological polar surface area (TPSA) is 55.1 Å². The van der Waals surface area contributed by atoms with Gasteiger partial charge in [0.25, 0.3) is 0 Å². The van der Waals surface area contributed by atoms with Crippen LogP contribution in [-0.4, -0.2) is 18.0 Å². The maximum absolute atomic E-state index is 12.5. The van der Waals surface area contributed by atoms with Crippen LogP contribution in [0.4, 0.5) is 18.9 Å². The minimum atomic E-state index is -4.38. The summed E-state index contributed by atoms with van der Waals surface area (Å²) in [6.45, 7) is 0.430. The molecule has 0 saturated heterocycles. The van der Waals surface area contributed by atoms with Gasteiger partial charge in [0.1, 0.15) is 0 Å². The SMILES string of the molecule is NCC1(CC(=O)Nc2ccccc2SC(F)(F)F)CCC1. The number of nitrogens with two attached hydrogens (primary N) is 1. The van der Waals surface area contributed by atoms with Gasteiger partial charge < -0.3 is 11.1 Å². The molecule has 0 radical (unpaired) electrons. The Hall–Kier alpha value is -1.21. The summed E-state index contributed by atoms with van der Waals surface area (Å²) in [6, 6.07) is 5.92. The van der Waals surface area contributed by atoms with Crippen molar-refractivity contribution in [3.8, 4) is 0 Å². The van der Waals surface area contributed by atoms with E-state index in [4.69, 9.17) is 5.73 Å². The average Bonchev–Trinajstić information content (AvgIpc) is 2.34. The molecule has 3 nitrogen and oxygen atoms in total. The molecule has 2 rings (SSSR count). The lowest BCUT2D eigenvalue weighted by atomic mass is 9.66. The second-order valence-corrected chi connectivity index (χ2v) is 6.43. The number of amides is 1. The van der Waals surface area contributed by atoms with Crippen molar-refractivity contribution in [1.82, 2.24) is 0 Å². The molecule has 21 heavy (non-hydrogen) atoms. The Morgan fingerprint density at radius 1 is 1.33 bits per heavy atom. The largest absolute Gasteiger partial charge is 0.446 e. The molecule has 0 heterocycles. The van der Waals surface area contributed by atoms with Crippen LogP contribution in [0.25, 0.3) is 0 Å². The van der Waals surface area contributed by atoms with Gasteiger partial charge in [0.15, 0.2) is 0 Å². The predicted molar refractivity (Wildman–Crippen MR) is 76.9 cm³/mol. The van der Waals surface area contributed by atoms with Crippen molar-refractivity contribution in [2.45, 2.75) is 36.1 Å². The number of hydrogen-bond donors (Lipinski definition) is 2. The number of benzene rings is 1. The second-order valence-electron chi connectivity index (χ2n) is 5.33. The third-order valence-electron chi connectivity index (χ3n) is 3.77. The Morgan fingerprint density at radius 2 is 2.00 bits per heavy atom. The maximum Gasteiger partial charge on any atom is 0.446 e. The summed E-state index contributed by atoms with van der Waals surface area (Å²) >= 11 is -0.227. The molecule has 1 amide bonds. The van der Waals surface area contributed by atoms with Crippen molar-refractivity contribution in [3.63, 3.8) is 0 Å². The van der Waals surface area contributed by atoms with Gasteiger partial charge in [-0.05, 0) is 48.7 Å². The summed E-state index contributed by atoms with van der Waals surface area (Å²) in [5.41, 5.74) is 1.33. The zero-order chi connectivity index (χ0) is 15.5. The van der Waals surface area contributed by atoms with Gasteiger partial charge >= 0.3 is 5.51 Å². The summed E-state index contributed by atoms with van der Waals surface area (Å²) in [6.07, 6.45) is 3.10. The lowest BCUT2D eigenvalue weighted by Gasteiger charge is -2.40. The fourth-order valence-electron chi connectivity index (χ4n) is 2.45. The Labute approximate surface area is 125 Å². The lowest BCUT2D eigenvalue weighted by molar-refractivity contribution is -0.119. The zero-order valence-corrected chi connectivity index (χ0v) is 12.2. The first-order valence-corrected chi connectivity index (χ1v) is 7.50. The number of carbonyl (C=O) groups is 1. The molecule has 116 valence electrons. The van der Waals surface area contributed by atoms with E-state index in [1.807, 2.05) is 0 Å². The van der Waals surface area contributed by atoms with Gasteiger partial charge in [-0.15, -0.1) is 0 Å². The normalized spacial score (nSPS) is 17.1. The minimum Gasteiger partial charge on any atom is -0.330 e. The van der Waals surface area contributed by atoms with Crippen LogP contribution >= 0.6 is 11.8 Å². The van der Waals surface area contributed by atoms with E-state index in [0.29, 0.717) is 6.54 Å². The van der Waals surface area contributed by atoms with Crippen molar-refractivity contribution >= 4 is 23.4 Å². The molecule has 0 atom stereocenters. The van der Waals surface area contributed by atoms with Crippen molar-refractivity contribution in [1.29, 1.82) is 0 Å². The van der Waals surface area contributed by atoms with E-state index < -0.39 is 5.51 Å². The number of para-hydroxylation sites is 1. The van der Waals surface area contributed by atoms with Crippen LogP contribution < -0.4 is 11.1 Å². The molecule has 0 spiro atoms. The highest BCUT2D eigenvalue weighted by molar-refractivity contribution is 8.00. The first-order valence-electron chi connectivity index (χ1n) is 6.68. The second kappa shape index (κ2) is 6.27. The molecule has 1 aromatic rings. The van der Waals surface area contributed by atoms with Crippen LogP contribution in [0.3, 0.4) is 0 Å². The van der Waals surface area contributed by atoms with Crippen LogP contribution in [0.5, 0.6) is 0 Å². The monoisotopic (exact) mass is 318 g/mol. The molecular weight excluding hydrogens is 301 g/mol. The lowest BCUT2D eigenvalue weighted by Crippen LogP contribution is -2.40. The first kappa shape index (κ1) is 16.2. The van der Waals surface area contributed by atoms with Crippen molar-refractivity contribution < 1.29 is 18.0 Å². The van der Waals surface area contributed by atoms with Crippen LogP contribution in [0.2, 0.25) is 0 Å². The predicted octanol–water partition coefficient (Wildman–Crippen LogP) is 3.76. The Kier molecular flexibility index (Phi) is 4.83. The molecule has 1 aromatic carbocycles. The fraction of sp³-hybridized carbons (Fsp3) is 0.500. The quantitative estimate of drug-likeness (QED) is 0.813. The van der Waals surface area contributed by atoms with Gasteiger partial charge in [0.05, 0.1) is 5.69 Å². The molecule has 0 aliphatic heterocycles. The maximum atomic E-state index is 12.5. The molecule has 1 saturated carbocycles. The molecule has 1 aliphatic rings. The zero-order valence-electron chi connectivity index (χ0n) is 11.4. The van der Waals surface area contributed by atoms with Gasteiger partial charge in [-0.3, -0.25) is 4.79 Å². The van der Waals surface area contributed by atoms with Gasteiger partial charge in [-0.25, -0.2) is 0 Å². The number of halogens is 3. The highest BCUT2D eigenvalue weighted by atomic mass is 32.2. The number of carbonyl (C=O) groups excluding carboxylic acids is 1.